The van der Waals surface area contributed by atoms with Gasteiger partial charge in [0.15, 0.2) is 0 Å². The van der Waals surface area contributed by atoms with E-state index in [0.717, 1.165) is 13.0 Å². The summed E-state index contributed by atoms with van der Waals surface area (Å²) < 4.78 is 1.19. The second kappa shape index (κ2) is 7.48. The Balaban J connectivity index is 2.28. The number of thiophene rings is 1. The van der Waals surface area contributed by atoms with Gasteiger partial charge < -0.3 is 5.32 Å². The predicted octanol–water partition coefficient (Wildman–Crippen LogP) is 5.32. The number of benzene rings is 1. The minimum absolute atomic E-state index is 0.283. The fourth-order valence-electron chi connectivity index (χ4n) is 1.96. The van der Waals surface area contributed by atoms with Crippen molar-refractivity contribution in [3.05, 3.63) is 50.6 Å². The second-order valence-corrected chi connectivity index (χ2v) is 6.97. The average Bonchev–Trinajstić information content (AvgIpc) is 2.86. The Kier molecular flexibility index (Phi) is 5.95. The first-order chi connectivity index (χ1) is 9.26. The van der Waals surface area contributed by atoms with Gasteiger partial charge in [-0.05, 0) is 64.3 Å². The first-order valence-corrected chi connectivity index (χ1v) is 9.26. The molecule has 1 aromatic heterocycles. The molecule has 2 rings (SSSR count). The fraction of sp³-hybridized carbons (Fsp3) is 0.333. The van der Waals surface area contributed by atoms with E-state index in [-0.39, 0.29) is 6.04 Å². The molecular weight excluding hydrogens is 338 g/mol. The molecule has 0 saturated heterocycles. The molecular formula is C15H18BrNS2. The van der Waals surface area contributed by atoms with Crippen LogP contribution in [0.5, 0.6) is 0 Å². The lowest BCUT2D eigenvalue weighted by atomic mass is 10.1. The van der Waals surface area contributed by atoms with Gasteiger partial charge in [0.2, 0.25) is 0 Å². The van der Waals surface area contributed by atoms with Gasteiger partial charge in [-0.1, -0.05) is 19.1 Å². The average molecular weight is 356 g/mol. The van der Waals surface area contributed by atoms with Gasteiger partial charge in [0.05, 0.1) is 6.04 Å². The summed E-state index contributed by atoms with van der Waals surface area (Å²) in [5.74, 6) is 0. The number of thioether (sulfide) groups is 1. The normalized spacial score (nSPS) is 12.6. The molecule has 0 aliphatic carbocycles. The highest BCUT2D eigenvalue weighted by Gasteiger charge is 2.17. The van der Waals surface area contributed by atoms with Crippen molar-refractivity contribution in [2.24, 2.45) is 0 Å². The molecule has 0 radical (unpaired) electrons. The van der Waals surface area contributed by atoms with E-state index in [1.165, 1.54) is 19.8 Å². The zero-order chi connectivity index (χ0) is 13.7. The standard InChI is InChI=1S/C15H18BrNS2/c1-3-9-17-14(15-13(16)8-10-19-15)11-4-6-12(18-2)7-5-11/h4-8,10,14,17H,3,9H2,1-2H3. The van der Waals surface area contributed by atoms with Gasteiger partial charge in [0.25, 0.3) is 0 Å². The van der Waals surface area contributed by atoms with Crippen molar-refractivity contribution in [3.63, 3.8) is 0 Å². The summed E-state index contributed by atoms with van der Waals surface area (Å²) in [6, 6.07) is 11.3. The highest BCUT2D eigenvalue weighted by molar-refractivity contribution is 9.10. The Hall–Kier alpha value is -0.290. The molecule has 19 heavy (non-hydrogen) atoms. The maximum absolute atomic E-state index is 3.65. The molecule has 2 aromatic rings. The van der Waals surface area contributed by atoms with E-state index in [0.29, 0.717) is 0 Å². The van der Waals surface area contributed by atoms with Crippen LogP contribution in [0.3, 0.4) is 0 Å². The van der Waals surface area contributed by atoms with Gasteiger partial charge in [-0.2, -0.15) is 0 Å². The van der Waals surface area contributed by atoms with Crippen molar-refractivity contribution < 1.29 is 0 Å². The minimum Gasteiger partial charge on any atom is -0.306 e. The molecule has 1 aromatic carbocycles. The summed E-state index contributed by atoms with van der Waals surface area (Å²) in [4.78, 5) is 2.66. The summed E-state index contributed by atoms with van der Waals surface area (Å²) >= 11 is 7.23. The van der Waals surface area contributed by atoms with Crippen LogP contribution < -0.4 is 5.32 Å². The maximum Gasteiger partial charge on any atom is 0.0682 e. The molecule has 1 unspecified atom stereocenters. The lowest BCUT2D eigenvalue weighted by molar-refractivity contribution is 0.604. The van der Waals surface area contributed by atoms with Crippen molar-refractivity contribution in [1.82, 2.24) is 5.32 Å². The van der Waals surface area contributed by atoms with E-state index in [1.807, 2.05) is 0 Å². The summed E-state index contributed by atoms with van der Waals surface area (Å²) in [6.45, 7) is 3.23. The highest BCUT2D eigenvalue weighted by atomic mass is 79.9. The van der Waals surface area contributed by atoms with Gasteiger partial charge in [-0.25, -0.2) is 0 Å². The Morgan fingerprint density at radius 1 is 1.26 bits per heavy atom. The quantitative estimate of drug-likeness (QED) is 0.703. The molecule has 1 N–H and O–H groups in total. The van der Waals surface area contributed by atoms with E-state index < -0.39 is 0 Å². The highest BCUT2D eigenvalue weighted by Crippen LogP contribution is 2.33. The van der Waals surface area contributed by atoms with Crippen LogP contribution in [0.1, 0.15) is 29.8 Å². The molecule has 0 aliphatic heterocycles. The van der Waals surface area contributed by atoms with Crippen LogP contribution in [0, 0.1) is 0 Å². The van der Waals surface area contributed by atoms with Crippen LogP contribution in [0.15, 0.2) is 45.1 Å². The smallest absolute Gasteiger partial charge is 0.0682 e. The zero-order valence-corrected chi connectivity index (χ0v) is 14.4. The van der Waals surface area contributed by atoms with Gasteiger partial charge in [0.1, 0.15) is 0 Å². The van der Waals surface area contributed by atoms with E-state index in [2.05, 4.69) is 70.1 Å². The van der Waals surface area contributed by atoms with E-state index in [4.69, 9.17) is 0 Å². The van der Waals surface area contributed by atoms with Crippen molar-refractivity contribution in [1.29, 1.82) is 0 Å². The zero-order valence-electron chi connectivity index (χ0n) is 11.2. The molecule has 0 spiro atoms. The van der Waals surface area contributed by atoms with Crippen LogP contribution in [0.4, 0.5) is 0 Å². The second-order valence-electron chi connectivity index (χ2n) is 4.29. The maximum atomic E-state index is 3.65. The van der Waals surface area contributed by atoms with Crippen molar-refractivity contribution in [3.8, 4) is 0 Å². The first-order valence-electron chi connectivity index (χ1n) is 6.36. The van der Waals surface area contributed by atoms with Crippen LogP contribution in [0.25, 0.3) is 0 Å². The molecule has 0 amide bonds. The number of nitrogens with one attached hydrogen (secondary N) is 1. The first kappa shape index (κ1) is 15.1. The minimum atomic E-state index is 0.283. The van der Waals surface area contributed by atoms with Crippen molar-refractivity contribution in [2.45, 2.75) is 24.3 Å². The third-order valence-corrected chi connectivity index (χ3v) is 5.63. The van der Waals surface area contributed by atoms with Crippen molar-refractivity contribution >= 4 is 39.0 Å². The Bertz CT molecular complexity index is 507. The molecule has 0 bridgehead atoms. The van der Waals surface area contributed by atoms with E-state index in [1.54, 1.807) is 23.1 Å². The fourth-order valence-corrected chi connectivity index (χ4v) is 4.07. The molecule has 102 valence electrons. The summed E-state index contributed by atoms with van der Waals surface area (Å²) in [6.07, 6.45) is 3.25. The van der Waals surface area contributed by atoms with Crippen LogP contribution in [-0.2, 0) is 0 Å². The largest absolute Gasteiger partial charge is 0.306 e. The number of hydrogen-bond acceptors (Lipinski definition) is 3. The van der Waals surface area contributed by atoms with Crippen molar-refractivity contribution in [2.75, 3.05) is 12.8 Å². The van der Waals surface area contributed by atoms with E-state index in [9.17, 15) is 0 Å². The molecule has 1 heterocycles. The van der Waals surface area contributed by atoms with Crippen LogP contribution in [-0.4, -0.2) is 12.8 Å². The third kappa shape index (κ3) is 3.85. The molecule has 1 atom stereocenters. The third-order valence-electron chi connectivity index (χ3n) is 2.95. The molecule has 0 aliphatic rings. The van der Waals surface area contributed by atoms with Gasteiger partial charge in [-0.3, -0.25) is 0 Å². The topological polar surface area (TPSA) is 12.0 Å². The predicted molar refractivity (Wildman–Crippen MR) is 90.4 cm³/mol. The van der Waals surface area contributed by atoms with Crippen LogP contribution >= 0.6 is 39.0 Å². The van der Waals surface area contributed by atoms with E-state index >= 15 is 0 Å². The van der Waals surface area contributed by atoms with Gasteiger partial charge >= 0.3 is 0 Å². The SMILES string of the molecule is CCCNC(c1ccc(SC)cc1)c1sccc1Br. The number of halogens is 1. The number of hydrogen-bond donors (Lipinski definition) is 1. The molecule has 1 nitrogen and oxygen atoms in total. The Labute approximate surface area is 131 Å². The van der Waals surface area contributed by atoms with Crippen LogP contribution in [0.2, 0.25) is 0 Å². The Morgan fingerprint density at radius 3 is 2.53 bits per heavy atom. The molecule has 0 fully saturated rings. The lowest BCUT2D eigenvalue weighted by Crippen LogP contribution is -2.22. The summed E-state index contributed by atoms with van der Waals surface area (Å²) in [7, 11) is 0. The molecule has 4 heteroatoms. The molecule has 0 saturated carbocycles. The summed E-state index contributed by atoms with van der Waals surface area (Å²) in [5, 5.41) is 5.78. The number of rotatable bonds is 6. The lowest BCUT2D eigenvalue weighted by Gasteiger charge is -2.18. The van der Waals surface area contributed by atoms with Gasteiger partial charge in [-0.15, -0.1) is 23.1 Å². The summed E-state index contributed by atoms with van der Waals surface area (Å²) in [5.41, 5.74) is 1.33. The van der Waals surface area contributed by atoms with Gasteiger partial charge in [0, 0.05) is 14.2 Å². The Morgan fingerprint density at radius 2 is 2.00 bits per heavy atom. The monoisotopic (exact) mass is 355 g/mol.